The van der Waals surface area contributed by atoms with Crippen LogP contribution in [-0.4, -0.2) is 11.3 Å². The van der Waals surface area contributed by atoms with Crippen molar-refractivity contribution >= 4 is 34.0 Å². The quantitative estimate of drug-likeness (QED) is 0.216. The lowest BCUT2D eigenvalue weighted by Gasteiger charge is -2.33. The van der Waals surface area contributed by atoms with Gasteiger partial charge in [-0.3, -0.25) is 0 Å². The number of rotatable bonds is 3. The van der Waals surface area contributed by atoms with Crippen LogP contribution in [0.4, 0.5) is 0 Å². The van der Waals surface area contributed by atoms with E-state index < -0.39 is 0 Å². The summed E-state index contributed by atoms with van der Waals surface area (Å²) in [5.74, 6) is 3.51. The van der Waals surface area contributed by atoms with Crippen molar-refractivity contribution in [1.82, 2.24) is 4.57 Å². The van der Waals surface area contributed by atoms with Gasteiger partial charge >= 0.3 is 0 Å². The van der Waals surface area contributed by atoms with E-state index in [0.29, 0.717) is 0 Å². The Balaban J connectivity index is 1.17. The van der Waals surface area contributed by atoms with Crippen molar-refractivity contribution in [3.63, 3.8) is 0 Å². The van der Waals surface area contributed by atoms with Crippen LogP contribution in [-0.2, 0) is 0 Å². The van der Waals surface area contributed by atoms with Crippen LogP contribution in [0.2, 0.25) is 0 Å². The van der Waals surface area contributed by atoms with Gasteiger partial charge in [0.15, 0.2) is 0 Å². The van der Waals surface area contributed by atoms with Crippen molar-refractivity contribution < 1.29 is 9.47 Å². The predicted molar refractivity (Wildman–Crippen MR) is 172 cm³/mol. The number of hydrogen-bond acceptors (Lipinski definition) is 2. The van der Waals surface area contributed by atoms with E-state index >= 15 is 0 Å². The van der Waals surface area contributed by atoms with Gasteiger partial charge in [0, 0.05) is 16.5 Å². The van der Waals surface area contributed by atoms with E-state index in [9.17, 15) is 0 Å². The Labute approximate surface area is 244 Å². The second-order valence-corrected chi connectivity index (χ2v) is 10.9. The lowest BCUT2D eigenvalue weighted by atomic mass is 9.35. The van der Waals surface area contributed by atoms with E-state index in [0.717, 1.165) is 45.3 Å². The molecule has 0 bridgehead atoms. The minimum atomic E-state index is 0.0831. The molecule has 0 fully saturated rings. The number of para-hydroxylation sites is 3. The van der Waals surface area contributed by atoms with Gasteiger partial charge < -0.3 is 14.0 Å². The molecule has 0 amide bonds. The first-order chi connectivity index (χ1) is 20.8. The zero-order chi connectivity index (χ0) is 27.6. The molecule has 1 aromatic heterocycles. The molecule has 0 unspecified atom stereocenters. The lowest BCUT2D eigenvalue weighted by Crippen LogP contribution is -2.57. The van der Waals surface area contributed by atoms with E-state index in [-0.39, 0.29) is 6.71 Å². The lowest BCUT2D eigenvalue weighted by molar-refractivity contribution is 0.465. The average molecular weight is 537 g/mol. The van der Waals surface area contributed by atoms with Gasteiger partial charge in [-0.15, -0.1) is 0 Å². The molecule has 0 saturated carbocycles. The largest absolute Gasteiger partial charge is 0.458 e. The SMILES string of the molecule is c1ccc(-c2cc3ccccc3n2-c2ccc(-c3cc4c5c(c3)Oc3ccccc3B5c3ccccc3O4)cc2)cc1. The zero-order valence-corrected chi connectivity index (χ0v) is 22.7. The van der Waals surface area contributed by atoms with Gasteiger partial charge in [0.25, 0.3) is 6.71 Å². The van der Waals surface area contributed by atoms with Crippen LogP contribution in [0.15, 0.2) is 146 Å². The van der Waals surface area contributed by atoms with Crippen molar-refractivity contribution in [3.8, 4) is 51.1 Å². The highest BCUT2D eigenvalue weighted by molar-refractivity contribution is 6.98. The van der Waals surface area contributed by atoms with Crippen molar-refractivity contribution in [2.45, 2.75) is 0 Å². The Hall–Kier alpha value is -5.48. The Morgan fingerprint density at radius 2 is 1.05 bits per heavy atom. The summed E-state index contributed by atoms with van der Waals surface area (Å²) in [4.78, 5) is 0. The normalized spacial score (nSPS) is 12.6. The maximum atomic E-state index is 6.51. The highest BCUT2D eigenvalue weighted by atomic mass is 16.5. The summed E-state index contributed by atoms with van der Waals surface area (Å²) in [6, 6.07) is 51.2. The molecule has 0 aliphatic carbocycles. The fourth-order valence-electron chi connectivity index (χ4n) is 6.62. The Morgan fingerprint density at radius 1 is 0.452 bits per heavy atom. The molecule has 7 aromatic rings. The number of ether oxygens (including phenoxy) is 2. The first-order valence-electron chi connectivity index (χ1n) is 14.3. The second-order valence-electron chi connectivity index (χ2n) is 10.9. The maximum Gasteiger partial charge on any atom is 0.260 e. The third kappa shape index (κ3) is 3.48. The fourth-order valence-corrected chi connectivity index (χ4v) is 6.62. The van der Waals surface area contributed by atoms with Crippen LogP contribution in [0.3, 0.4) is 0 Å². The molecule has 0 radical (unpaired) electrons. The molecule has 0 atom stereocenters. The first kappa shape index (κ1) is 23.3. The number of nitrogens with zero attached hydrogens (tertiary/aromatic N) is 1. The first-order valence-corrected chi connectivity index (χ1v) is 14.3. The molecule has 42 heavy (non-hydrogen) atoms. The molecular formula is C38H24BNO2. The molecule has 6 aromatic carbocycles. The van der Waals surface area contributed by atoms with Crippen molar-refractivity contribution in [1.29, 1.82) is 0 Å². The molecule has 9 rings (SSSR count). The van der Waals surface area contributed by atoms with E-state index in [4.69, 9.17) is 9.47 Å². The van der Waals surface area contributed by atoms with E-state index in [1.807, 2.05) is 12.1 Å². The van der Waals surface area contributed by atoms with Gasteiger partial charge in [-0.2, -0.15) is 0 Å². The number of fused-ring (bicyclic) bond motifs is 5. The molecule has 2 aliphatic heterocycles. The summed E-state index contributed by atoms with van der Waals surface area (Å²) in [6.45, 7) is 0.0831. The fraction of sp³-hybridized carbons (Fsp3) is 0. The third-order valence-electron chi connectivity index (χ3n) is 8.53. The Morgan fingerprint density at radius 3 is 1.74 bits per heavy atom. The molecule has 3 nitrogen and oxygen atoms in total. The maximum absolute atomic E-state index is 6.51. The summed E-state index contributed by atoms with van der Waals surface area (Å²) < 4.78 is 15.4. The topological polar surface area (TPSA) is 23.4 Å². The molecule has 0 saturated heterocycles. The summed E-state index contributed by atoms with van der Waals surface area (Å²) >= 11 is 0. The van der Waals surface area contributed by atoms with E-state index in [1.165, 1.54) is 33.1 Å². The second kappa shape index (κ2) is 9.02. The molecule has 196 valence electrons. The van der Waals surface area contributed by atoms with Crippen LogP contribution >= 0.6 is 0 Å². The number of hydrogen-bond donors (Lipinski definition) is 0. The van der Waals surface area contributed by atoms with Crippen molar-refractivity contribution in [2.75, 3.05) is 0 Å². The van der Waals surface area contributed by atoms with Gasteiger partial charge in [-0.05, 0) is 76.1 Å². The minimum Gasteiger partial charge on any atom is -0.458 e. The van der Waals surface area contributed by atoms with Crippen molar-refractivity contribution in [2.24, 2.45) is 0 Å². The number of aromatic nitrogens is 1. The van der Waals surface area contributed by atoms with E-state index in [2.05, 4.69) is 138 Å². The zero-order valence-electron chi connectivity index (χ0n) is 22.7. The van der Waals surface area contributed by atoms with Gasteiger partial charge in [-0.1, -0.05) is 97.1 Å². The third-order valence-corrected chi connectivity index (χ3v) is 8.53. The molecule has 0 spiro atoms. The monoisotopic (exact) mass is 537 g/mol. The van der Waals surface area contributed by atoms with E-state index in [1.54, 1.807) is 0 Å². The van der Waals surface area contributed by atoms with Gasteiger partial charge in [0.2, 0.25) is 0 Å². The summed E-state index contributed by atoms with van der Waals surface area (Å²) in [6.07, 6.45) is 0. The molecule has 3 heterocycles. The summed E-state index contributed by atoms with van der Waals surface area (Å²) in [7, 11) is 0. The Kier molecular flexibility index (Phi) is 4.99. The standard InChI is InChI=1S/C38H24BNO2/c1-2-10-26(11-3-1)33-22-27-12-4-7-15-32(27)40(33)29-20-18-25(19-21-29)28-23-36-38-37(24-28)42-35-17-9-6-14-31(35)39(38)30-13-5-8-16-34(30)41-36/h1-24H. The van der Waals surface area contributed by atoms with Crippen molar-refractivity contribution in [3.05, 3.63) is 146 Å². The van der Waals surface area contributed by atoms with Crippen LogP contribution in [0.25, 0.3) is 39.0 Å². The highest BCUT2D eigenvalue weighted by Crippen LogP contribution is 2.39. The molecule has 0 N–H and O–H groups in total. The predicted octanol–water partition coefficient (Wildman–Crippen LogP) is 7.69. The smallest absolute Gasteiger partial charge is 0.260 e. The van der Waals surface area contributed by atoms with Crippen LogP contribution in [0.1, 0.15) is 0 Å². The highest BCUT2D eigenvalue weighted by Gasteiger charge is 2.40. The van der Waals surface area contributed by atoms with Crippen LogP contribution in [0, 0.1) is 0 Å². The Bertz CT molecular complexity index is 2080. The van der Waals surface area contributed by atoms with Gasteiger partial charge in [0.1, 0.15) is 23.0 Å². The summed E-state index contributed by atoms with van der Waals surface area (Å²) in [5.41, 5.74) is 10.3. The van der Waals surface area contributed by atoms with Crippen LogP contribution < -0.4 is 25.9 Å². The summed E-state index contributed by atoms with van der Waals surface area (Å²) in [5, 5.41) is 1.22. The van der Waals surface area contributed by atoms with Gasteiger partial charge in [0.05, 0.1) is 11.2 Å². The van der Waals surface area contributed by atoms with Gasteiger partial charge in [-0.25, -0.2) is 0 Å². The minimum absolute atomic E-state index is 0.0831. The molecule has 4 heteroatoms. The molecule has 2 aliphatic rings. The average Bonchev–Trinajstić information content (AvgIpc) is 3.45. The van der Waals surface area contributed by atoms with Crippen LogP contribution in [0.5, 0.6) is 23.0 Å². The number of benzene rings is 6. The molecular weight excluding hydrogens is 513 g/mol.